The molecule has 10 heteroatoms. The van der Waals surface area contributed by atoms with Gasteiger partial charge in [0.25, 0.3) is 0 Å². The number of thioether (sulfide) groups is 1. The van der Waals surface area contributed by atoms with Crippen LogP contribution in [-0.2, 0) is 23.0 Å². The minimum atomic E-state index is -0.455. The van der Waals surface area contributed by atoms with Crippen molar-refractivity contribution < 1.29 is 14.3 Å². The molecule has 3 aromatic rings. The van der Waals surface area contributed by atoms with Gasteiger partial charge < -0.3 is 14.6 Å². The molecule has 0 unspecified atom stereocenters. The number of aromatic nitrogens is 3. The van der Waals surface area contributed by atoms with Crippen LogP contribution in [0.5, 0.6) is 0 Å². The van der Waals surface area contributed by atoms with Crippen LogP contribution in [0.2, 0.25) is 0 Å². The molecule has 3 heterocycles. The van der Waals surface area contributed by atoms with Gasteiger partial charge in [-0.25, -0.2) is 4.79 Å². The van der Waals surface area contributed by atoms with Crippen molar-refractivity contribution in [3.63, 3.8) is 0 Å². The molecule has 0 fully saturated rings. The van der Waals surface area contributed by atoms with Gasteiger partial charge in [0.15, 0.2) is 11.0 Å². The van der Waals surface area contributed by atoms with Gasteiger partial charge in [-0.3, -0.25) is 4.79 Å². The summed E-state index contributed by atoms with van der Waals surface area (Å²) in [5.41, 5.74) is 1.42. The van der Waals surface area contributed by atoms with Crippen LogP contribution in [0, 0.1) is 0 Å². The molecule has 30 heavy (non-hydrogen) atoms. The largest absolute Gasteiger partial charge is 0.465 e. The van der Waals surface area contributed by atoms with Crippen LogP contribution in [0.1, 0.15) is 46.8 Å². The molecular formula is C20H24N4O3S3. The van der Waals surface area contributed by atoms with Crippen LogP contribution in [0.4, 0.5) is 5.00 Å². The number of rotatable bonds is 8. The summed E-state index contributed by atoms with van der Waals surface area (Å²) in [5.74, 6) is 0.738. The number of carbonyl (C=O) groups excluding carboxylic acids is 2. The van der Waals surface area contributed by atoms with Gasteiger partial charge in [0, 0.05) is 27.7 Å². The number of amides is 1. The maximum Gasteiger partial charge on any atom is 0.340 e. The van der Waals surface area contributed by atoms with Crippen molar-refractivity contribution in [2.45, 2.75) is 38.3 Å². The van der Waals surface area contributed by atoms with E-state index in [1.165, 1.54) is 35.1 Å². The molecule has 0 radical (unpaired) electrons. The standard InChI is InChI=1S/C20H24N4O3S3/c1-6-13-8-14(19(26)27-5)18(30-13)21-16(25)10-29-20-23-22-17(24(20)4)12-7-15(11(2)3)28-9-12/h7-9,11H,6,10H2,1-5H3,(H,21,25). The number of aryl methyl sites for hydroxylation is 1. The first kappa shape index (κ1) is 22.5. The molecule has 0 aromatic carbocycles. The molecule has 3 aromatic heterocycles. The lowest BCUT2D eigenvalue weighted by atomic mass is 10.1. The zero-order valence-electron chi connectivity index (χ0n) is 17.5. The molecule has 1 N–H and O–H groups in total. The van der Waals surface area contributed by atoms with Gasteiger partial charge in [0.1, 0.15) is 5.00 Å². The van der Waals surface area contributed by atoms with Crippen LogP contribution >= 0.6 is 34.4 Å². The molecule has 0 atom stereocenters. The molecule has 0 aliphatic carbocycles. The normalized spacial score (nSPS) is 11.1. The third-order valence-electron chi connectivity index (χ3n) is 4.40. The Balaban J connectivity index is 1.66. The first-order valence-corrected chi connectivity index (χ1v) is 12.1. The monoisotopic (exact) mass is 464 g/mol. The van der Waals surface area contributed by atoms with E-state index >= 15 is 0 Å². The lowest BCUT2D eigenvalue weighted by Crippen LogP contribution is -2.16. The lowest BCUT2D eigenvalue weighted by Gasteiger charge is -2.05. The van der Waals surface area contributed by atoms with E-state index in [4.69, 9.17) is 4.74 Å². The van der Waals surface area contributed by atoms with Crippen molar-refractivity contribution in [1.29, 1.82) is 0 Å². The number of hydrogen-bond acceptors (Lipinski definition) is 8. The van der Waals surface area contributed by atoms with Crippen molar-refractivity contribution in [2.24, 2.45) is 7.05 Å². The average Bonchev–Trinajstić information content (AvgIpc) is 3.44. The van der Waals surface area contributed by atoms with Gasteiger partial charge in [0.05, 0.1) is 18.4 Å². The summed E-state index contributed by atoms with van der Waals surface area (Å²) in [4.78, 5) is 26.7. The number of nitrogens with zero attached hydrogens (tertiary/aromatic N) is 3. The lowest BCUT2D eigenvalue weighted by molar-refractivity contribution is -0.113. The molecule has 0 saturated carbocycles. The molecule has 0 aliphatic rings. The number of carbonyl (C=O) groups is 2. The van der Waals surface area contributed by atoms with Crippen LogP contribution in [0.15, 0.2) is 22.7 Å². The molecule has 7 nitrogen and oxygen atoms in total. The fourth-order valence-electron chi connectivity index (χ4n) is 2.73. The summed E-state index contributed by atoms with van der Waals surface area (Å²) in [6.45, 7) is 6.32. The maximum atomic E-state index is 12.5. The highest BCUT2D eigenvalue weighted by Gasteiger charge is 2.19. The summed E-state index contributed by atoms with van der Waals surface area (Å²) in [6, 6.07) is 3.90. The van der Waals surface area contributed by atoms with E-state index in [9.17, 15) is 9.59 Å². The van der Waals surface area contributed by atoms with E-state index in [1.807, 2.05) is 18.5 Å². The fourth-order valence-corrected chi connectivity index (χ4v) is 5.34. The maximum absolute atomic E-state index is 12.5. The first-order chi connectivity index (χ1) is 14.3. The molecule has 0 aliphatic heterocycles. The fraction of sp³-hybridized carbons (Fsp3) is 0.400. The Morgan fingerprint density at radius 2 is 2.07 bits per heavy atom. The summed E-state index contributed by atoms with van der Waals surface area (Å²) < 4.78 is 6.71. The van der Waals surface area contributed by atoms with E-state index in [0.717, 1.165) is 22.7 Å². The van der Waals surface area contributed by atoms with Crippen LogP contribution in [0.3, 0.4) is 0 Å². The number of hydrogen-bond donors (Lipinski definition) is 1. The van der Waals surface area contributed by atoms with Crippen LogP contribution < -0.4 is 5.32 Å². The quantitative estimate of drug-likeness (QED) is 0.380. The van der Waals surface area contributed by atoms with Crippen molar-refractivity contribution in [3.8, 4) is 11.4 Å². The highest BCUT2D eigenvalue weighted by atomic mass is 32.2. The second kappa shape index (κ2) is 9.76. The zero-order chi connectivity index (χ0) is 21.8. The molecule has 0 spiro atoms. The molecular weight excluding hydrogens is 440 g/mol. The summed E-state index contributed by atoms with van der Waals surface area (Å²) in [7, 11) is 3.22. The van der Waals surface area contributed by atoms with E-state index in [-0.39, 0.29) is 11.7 Å². The Morgan fingerprint density at radius 3 is 2.70 bits per heavy atom. The Bertz CT molecular complexity index is 1050. The zero-order valence-corrected chi connectivity index (χ0v) is 20.0. The number of thiophene rings is 2. The summed E-state index contributed by atoms with van der Waals surface area (Å²) in [5, 5.41) is 14.6. The smallest absolute Gasteiger partial charge is 0.340 e. The van der Waals surface area contributed by atoms with Crippen LogP contribution in [0.25, 0.3) is 11.4 Å². The Kier molecular flexibility index (Phi) is 7.32. The van der Waals surface area contributed by atoms with Gasteiger partial charge in [-0.1, -0.05) is 32.5 Å². The van der Waals surface area contributed by atoms with Gasteiger partial charge in [-0.2, -0.15) is 0 Å². The third-order valence-corrected chi connectivity index (χ3v) is 7.85. The van der Waals surface area contributed by atoms with E-state index in [0.29, 0.717) is 21.6 Å². The van der Waals surface area contributed by atoms with E-state index < -0.39 is 5.97 Å². The number of ether oxygens (including phenoxy) is 1. The second-order valence-electron chi connectivity index (χ2n) is 6.90. The third kappa shape index (κ3) is 4.93. The molecule has 160 valence electrons. The number of esters is 1. The van der Waals surface area contributed by atoms with Crippen molar-refractivity contribution in [1.82, 2.24) is 14.8 Å². The SMILES string of the molecule is CCc1cc(C(=O)OC)c(NC(=O)CSc2nnc(-c3csc(C(C)C)c3)n2C)s1. The topological polar surface area (TPSA) is 86.1 Å². The molecule has 1 amide bonds. The van der Waals surface area contributed by atoms with E-state index in [2.05, 4.69) is 40.8 Å². The number of methoxy groups -OCH3 is 1. The minimum Gasteiger partial charge on any atom is -0.465 e. The predicted octanol–water partition coefficient (Wildman–Crippen LogP) is 4.81. The average molecular weight is 465 g/mol. The second-order valence-corrected chi connectivity index (χ2v) is 9.92. The van der Waals surface area contributed by atoms with Crippen LogP contribution in [-0.4, -0.2) is 39.5 Å². The predicted molar refractivity (Wildman–Crippen MR) is 123 cm³/mol. The highest BCUT2D eigenvalue weighted by Crippen LogP contribution is 2.31. The van der Waals surface area contributed by atoms with Gasteiger partial charge in [-0.05, 0) is 24.5 Å². The van der Waals surface area contributed by atoms with Gasteiger partial charge in [0.2, 0.25) is 5.91 Å². The summed E-state index contributed by atoms with van der Waals surface area (Å²) in [6.07, 6.45) is 0.780. The van der Waals surface area contributed by atoms with Crippen molar-refractivity contribution >= 4 is 51.3 Å². The molecule has 3 rings (SSSR count). The summed E-state index contributed by atoms with van der Waals surface area (Å²) >= 11 is 4.40. The first-order valence-electron chi connectivity index (χ1n) is 9.45. The van der Waals surface area contributed by atoms with Crippen molar-refractivity contribution in [3.05, 3.63) is 32.8 Å². The highest BCUT2D eigenvalue weighted by molar-refractivity contribution is 7.99. The minimum absolute atomic E-state index is 0.160. The van der Waals surface area contributed by atoms with E-state index in [1.54, 1.807) is 17.4 Å². The van der Waals surface area contributed by atoms with Gasteiger partial charge in [-0.15, -0.1) is 32.9 Å². The Labute approximate surface area is 187 Å². The number of anilines is 1. The van der Waals surface area contributed by atoms with Crippen molar-refractivity contribution in [2.75, 3.05) is 18.2 Å². The Morgan fingerprint density at radius 1 is 1.30 bits per heavy atom. The molecule has 0 bridgehead atoms. The molecule has 0 saturated heterocycles. The number of nitrogens with one attached hydrogen (secondary N) is 1. The van der Waals surface area contributed by atoms with Gasteiger partial charge >= 0.3 is 5.97 Å². The Hall–Kier alpha value is -2.17.